The van der Waals surface area contributed by atoms with Gasteiger partial charge < -0.3 is 0 Å². The van der Waals surface area contributed by atoms with E-state index in [1.165, 1.54) is 0 Å². The zero-order valence-electron chi connectivity index (χ0n) is 12.8. The van der Waals surface area contributed by atoms with Crippen molar-refractivity contribution in [2.45, 2.75) is 4.90 Å². The Balaban J connectivity index is 1.77. The maximum absolute atomic E-state index is 12.8. The van der Waals surface area contributed by atoms with Crippen LogP contribution in [0.5, 0.6) is 0 Å². The molecule has 0 N–H and O–H groups in total. The van der Waals surface area contributed by atoms with Crippen molar-refractivity contribution in [2.24, 2.45) is 5.92 Å². The zero-order chi connectivity index (χ0) is 16.5. The number of fused-ring (bicyclic) bond motifs is 1. The van der Waals surface area contributed by atoms with E-state index in [0.717, 1.165) is 31.4 Å². The molecule has 24 heavy (non-hydrogen) atoms. The fourth-order valence-electron chi connectivity index (χ4n) is 2.98. The van der Waals surface area contributed by atoms with Crippen LogP contribution >= 0.6 is 24.0 Å². The van der Waals surface area contributed by atoms with E-state index in [1.807, 2.05) is 72.8 Å². The van der Waals surface area contributed by atoms with Crippen molar-refractivity contribution in [3.05, 3.63) is 101 Å². The molecule has 1 atom stereocenters. The first kappa shape index (κ1) is 15.3. The Morgan fingerprint density at radius 2 is 1.71 bits per heavy atom. The molecule has 1 unspecified atom stereocenters. The number of hydrogen-bond donors (Lipinski definition) is 0. The molecule has 1 aliphatic heterocycles. The van der Waals surface area contributed by atoms with Crippen LogP contribution in [0.25, 0.3) is 0 Å². The SMILES string of the molecule is O=C1C(=C2C=CC=CC2C(=S)c2ccccc2)Sc2ccccc21. The van der Waals surface area contributed by atoms with Gasteiger partial charge in [-0.05, 0) is 23.3 Å². The molecule has 4 rings (SSSR count). The second-order valence-electron chi connectivity index (χ2n) is 5.66. The van der Waals surface area contributed by atoms with Crippen LogP contribution in [-0.4, -0.2) is 10.6 Å². The summed E-state index contributed by atoms with van der Waals surface area (Å²) in [5.41, 5.74) is 2.82. The predicted octanol–water partition coefficient (Wildman–Crippen LogP) is 5.39. The Kier molecular flexibility index (Phi) is 4.05. The number of carbonyl (C=O) groups is 1. The first-order chi connectivity index (χ1) is 11.8. The molecular weight excluding hydrogens is 332 g/mol. The van der Waals surface area contributed by atoms with Gasteiger partial charge in [0.05, 0.1) is 4.91 Å². The van der Waals surface area contributed by atoms with Crippen molar-refractivity contribution >= 4 is 34.6 Å². The summed E-state index contributed by atoms with van der Waals surface area (Å²) in [5, 5.41) is 0. The van der Waals surface area contributed by atoms with Crippen LogP contribution < -0.4 is 0 Å². The van der Waals surface area contributed by atoms with E-state index in [2.05, 4.69) is 6.08 Å². The summed E-state index contributed by atoms with van der Waals surface area (Å²) in [7, 11) is 0. The van der Waals surface area contributed by atoms with Gasteiger partial charge in [-0.25, -0.2) is 0 Å². The molecule has 1 nitrogen and oxygen atoms in total. The number of hydrogen-bond acceptors (Lipinski definition) is 3. The highest BCUT2D eigenvalue weighted by atomic mass is 32.2. The fraction of sp³-hybridized carbons (Fsp3) is 0.0476. The average Bonchev–Trinajstić information content (AvgIpc) is 2.99. The molecule has 3 heteroatoms. The second kappa shape index (κ2) is 6.34. The minimum absolute atomic E-state index is 0.0480. The first-order valence-corrected chi connectivity index (χ1v) is 8.98. The van der Waals surface area contributed by atoms with Crippen molar-refractivity contribution in [1.29, 1.82) is 0 Å². The van der Waals surface area contributed by atoms with E-state index in [9.17, 15) is 4.79 Å². The molecule has 0 saturated heterocycles. The third-order valence-corrected chi connectivity index (χ3v) is 5.87. The van der Waals surface area contributed by atoms with Crippen LogP contribution in [-0.2, 0) is 0 Å². The van der Waals surface area contributed by atoms with Crippen LogP contribution in [0, 0.1) is 5.92 Å². The lowest BCUT2D eigenvalue weighted by atomic mass is 9.87. The predicted molar refractivity (Wildman–Crippen MR) is 104 cm³/mol. The molecule has 0 amide bonds. The van der Waals surface area contributed by atoms with Gasteiger partial charge >= 0.3 is 0 Å². The average molecular weight is 346 g/mol. The van der Waals surface area contributed by atoms with E-state index in [4.69, 9.17) is 12.2 Å². The molecule has 0 fully saturated rings. The Morgan fingerprint density at radius 3 is 2.50 bits per heavy atom. The van der Waals surface area contributed by atoms with Crippen LogP contribution in [0.15, 0.2) is 94.3 Å². The Morgan fingerprint density at radius 1 is 0.958 bits per heavy atom. The van der Waals surface area contributed by atoms with E-state index in [1.54, 1.807) is 11.8 Å². The van der Waals surface area contributed by atoms with Gasteiger partial charge in [-0.15, -0.1) is 0 Å². The quantitative estimate of drug-likeness (QED) is 0.412. The molecule has 1 heterocycles. The molecule has 0 radical (unpaired) electrons. The molecule has 2 aliphatic rings. The number of ketones is 1. The fourth-order valence-corrected chi connectivity index (χ4v) is 4.48. The lowest BCUT2D eigenvalue weighted by Crippen LogP contribution is -2.17. The van der Waals surface area contributed by atoms with Crippen LogP contribution in [0.4, 0.5) is 0 Å². The van der Waals surface area contributed by atoms with Gasteiger partial charge in [0.25, 0.3) is 0 Å². The van der Waals surface area contributed by atoms with Gasteiger partial charge in [-0.1, -0.05) is 90.7 Å². The largest absolute Gasteiger partial charge is 0.288 e. The standard InChI is InChI=1S/C21H14OS2/c22-19-17-12-6-7-13-18(17)24-21(19)16-11-5-4-10-15(16)20(23)14-8-2-1-3-9-14/h1-13,15H. The Hall–Kier alpha value is -2.23. The van der Waals surface area contributed by atoms with Crippen LogP contribution in [0.1, 0.15) is 15.9 Å². The second-order valence-corrected chi connectivity index (χ2v) is 7.16. The van der Waals surface area contributed by atoms with E-state index >= 15 is 0 Å². The summed E-state index contributed by atoms with van der Waals surface area (Å²) in [5.74, 6) is 0.0552. The normalized spacial score (nSPS) is 21.8. The molecule has 0 aromatic heterocycles. The summed E-state index contributed by atoms with van der Waals surface area (Å²) < 4.78 is 0. The van der Waals surface area contributed by atoms with E-state index in [0.29, 0.717) is 0 Å². The van der Waals surface area contributed by atoms with Crippen LogP contribution in [0.3, 0.4) is 0 Å². The third-order valence-electron chi connectivity index (χ3n) is 4.18. The molecule has 1 aliphatic carbocycles. The zero-order valence-corrected chi connectivity index (χ0v) is 14.4. The molecular formula is C21H14OS2. The molecule has 0 bridgehead atoms. The number of Topliss-reactive ketones (excluding diaryl/α,β-unsaturated/α-hetero) is 1. The monoisotopic (exact) mass is 346 g/mol. The van der Waals surface area contributed by atoms with E-state index < -0.39 is 0 Å². The van der Waals surface area contributed by atoms with Gasteiger partial charge in [0.15, 0.2) is 0 Å². The van der Waals surface area contributed by atoms with Gasteiger partial charge in [0.2, 0.25) is 5.78 Å². The lowest BCUT2D eigenvalue weighted by molar-refractivity contribution is 0.104. The van der Waals surface area contributed by atoms with E-state index in [-0.39, 0.29) is 11.7 Å². The van der Waals surface area contributed by atoms with Crippen molar-refractivity contribution < 1.29 is 4.79 Å². The number of allylic oxidation sites excluding steroid dienone is 6. The summed E-state index contributed by atoms with van der Waals surface area (Å²) in [6.07, 6.45) is 8.07. The number of rotatable bonds is 2. The number of thiocarbonyl (C=S) groups is 1. The smallest absolute Gasteiger partial charge is 0.201 e. The summed E-state index contributed by atoms with van der Waals surface area (Å²) >= 11 is 7.29. The Bertz CT molecular complexity index is 920. The van der Waals surface area contributed by atoms with Gasteiger partial charge in [0.1, 0.15) is 0 Å². The van der Waals surface area contributed by atoms with Crippen molar-refractivity contribution in [1.82, 2.24) is 0 Å². The first-order valence-electron chi connectivity index (χ1n) is 7.75. The highest BCUT2D eigenvalue weighted by Gasteiger charge is 2.31. The molecule has 116 valence electrons. The number of benzene rings is 2. The maximum Gasteiger partial charge on any atom is 0.201 e. The lowest BCUT2D eigenvalue weighted by Gasteiger charge is -2.20. The van der Waals surface area contributed by atoms with Crippen molar-refractivity contribution in [3.8, 4) is 0 Å². The third kappa shape index (κ3) is 2.60. The topological polar surface area (TPSA) is 17.1 Å². The minimum atomic E-state index is -0.0480. The van der Waals surface area contributed by atoms with Gasteiger partial charge in [-0.3, -0.25) is 4.79 Å². The summed E-state index contributed by atoms with van der Waals surface area (Å²) in [6.45, 7) is 0. The van der Waals surface area contributed by atoms with Crippen molar-refractivity contribution in [2.75, 3.05) is 0 Å². The Labute approximate surface area is 150 Å². The summed E-state index contributed by atoms with van der Waals surface area (Å²) in [6, 6.07) is 17.8. The molecule has 0 spiro atoms. The molecule has 2 aromatic carbocycles. The minimum Gasteiger partial charge on any atom is -0.288 e. The summed E-state index contributed by atoms with van der Waals surface area (Å²) in [4.78, 5) is 15.5. The number of thioether (sulfide) groups is 1. The number of carbonyl (C=O) groups excluding carboxylic acids is 1. The van der Waals surface area contributed by atoms with Crippen molar-refractivity contribution in [3.63, 3.8) is 0 Å². The maximum atomic E-state index is 12.8. The highest BCUT2D eigenvalue weighted by molar-refractivity contribution is 8.04. The van der Waals surface area contributed by atoms with Gasteiger partial charge in [-0.2, -0.15) is 0 Å². The highest BCUT2D eigenvalue weighted by Crippen LogP contribution is 2.44. The molecule has 2 aromatic rings. The van der Waals surface area contributed by atoms with Crippen LogP contribution in [0.2, 0.25) is 0 Å². The van der Waals surface area contributed by atoms with Gasteiger partial charge in [0, 0.05) is 21.2 Å². The molecule has 0 saturated carbocycles.